The van der Waals surface area contributed by atoms with Crippen LogP contribution in [0.25, 0.3) is 0 Å². The van der Waals surface area contributed by atoms with E-state index in [4.69, 9.17) is 14.9 Å². The second-order valence-corrected chi connectivity index (χ2v) is 4.59. The molecular formula is C8H11O4P. The van der Waals surface area contributed by atoms with E-state index in [1.165, 1.54) is 12.1 Å². The zero-order chi connectivity index (χ0) is 10.1. The molecule has 0 aliphatic heterocycles. The van der Waals surface area contributed by atoms with Crippen molar-refractivity contribution >= 4 is 7.60 Å². The van der Waals surface area contributed by atoms with E-state index in [2.05, 4.69) is 0 Å². The van der Waals surface area contributed by atoms with Crippen molar-refractivity contribution in [1.82, 2.24) is 0 Å². The van der Waals surface area contributed by atoms with Gasteiger partial charge in [0, 0.05) is 0 Å². The molecule has 0 amide bonds. The second kappa shape index (κ2) is 3.50. The topological polar surface area (TPSA) is 77.8 Å². The first-order valence-electron chi connectivity index (χ1n) is 3.71. The van der Waals surface area contributed by atoms with E-state index in [1.807, 2.05) is 0 Å². The summed E-state index contributed by atoms with van der Waals surface area (Å²) < 4.78 is 10.6. The number of rotatable bonds is 2. The van der Waals surface area contributed by atoms with Crippen LogP contribution in [-0.4, -0.2) is 14.9 Å². The van der Waals surface area contributed by atoms with Crippen LogP contribution in [0.3, 0.4) is 0 Å². The Hall–Kier alpha value is -0.830. The molecule has 0 saturated carbocycles. The van der Waals surface area contributed by atoms with Crippen LogP contribution < -0.4 is 0 Å². The average Bonchev–Trinajstić information content (AvgIpc) is 1.94. The number of aryl methyl sites for hydroxylation is 1. The molecule has 3 N–H and O–H groups in total. The maximum absolute atomic E-state index is 10.6. The highest BCUT2D eigenvalue weighted by atomic mass is 31.2. The van der Waals surface area contributed by atoms with Crippen molar-refractivity contribution in [3.63, 3.8) is 0 Å². The quantitative estimate of drug-likeness (QED) is 0.633. The highest BCUT2D eigenvalue weighted by Gasteiger charge is 2.14. The van der Waals surface area contributed by atoms with Gasteiger partial charge in [-0.2, -0.15) is 0 Å². The van der Waals surface area contributed by atoms with Crippen LogP contribution in [0.1, 0.15) is 11.1 Å². The normalized spacial score (nSPS) is 11.6. The fourth-order valence-electron chi connectivity index (χ4n) is 1.05. The molecule has 0 unspecified atom stereocenters. The fourth-order valence-corrected chi connectivity index (χ4v) is 1.73. The van der Waals surface area contributed by atoms with Gasteiger partial charge in [-0.15, -0.1) is 0 Å². The largest absolute Gasteiger partial charge is 0.508 e. The molecule has 0 spiro atoms. The van der Waals surface area contributed by atoms with Crippen molar-refractivity contribution in [3.8, 4) is 5.75 Å². The third kappa shape index (κ3) is 3.19. The first kappa shape index (κ1) is 10.3. The third-order valence-electron chi connectivity index (χ3n) is 1.65. The summed E-state index contributed by atoms with van der Waals surface area (Å²) in [5.74, 6) is 0.134. The number of benzene rings is 1. The lowest BCUT2D eigenvalue weighted by Gasteiger charge is -2.05. The van der Waals surface area contributed by atoms with E-state index in [0.29, 0.717) is 11.1 Å². The molecule has 0 saturated heterocycles. The summed E-state index contributed by atoms with van der Waals surface area (Å²) in [5.41, 5.74) is 1.15. The molecular weight excluding hydrogens is 191 g/mol. The maximum Gasteiger partial charge on any atom is 0.329 e. The Kier molecular flexibility index (Phi) is 2.76. The molecule has 0 heterocycles. The molecule has 0 aliphatic rings. The summed E-state index contributed by atoms with van der Waals surface area (Å²) in [6.07, 6.45) is -0.284. The molecule has 1 aromatic carbocycles. The SMILES string of the molecule is Cc1cc(CP(=O)(O)O)ccc1O. The molecule has 0 aliphatic carbocycles. The molecule has 0 radical (unpaired) electrons. The highest BCUT2D eigenvalue weighted by molar-refractivity contribution is 7.50. The first-order chi connectivity index (χ1) is 5.88. The van der Waals surface area contributed by atoms with Gasteiger partial charge in [0.15, 0.2) is 0 Å². The van der Waals surface area contributed by atoms with E-state index in [-0.39, 0.29) is 11.9 Å². The predicted octanol–water partition coefficient (Wildman–Crippen LogP) is 1.38. The molecule has 0 bridgehead atoms. The number of phenolic OH excluding ortho intramolecular Hbond substituents is 1. The Morgan fingerprint density at radius 2 is 2.00 bits per heavy atom. The van der Waals surface area contributed by atoms with Gasteiger partial charge in [-0.05, 0) is 24.1 Å². The molecule has 1 aromatic rings. The van der Waals surface area contributed by atoms with Crippen molar-refractivity contribution in [3.05, 3.63) is 29.3 Å². The summed E-state index contributed by atoms with van der Waals surface area (Å²) in [4.78, 5) is 17.4. The summed E-state index contributed by atoms with van der Waals surface area (Å²) >= 11 is 0. The van der Waals surface area contributed by atoms with E-state index in [9.17, 15) is 4.57 Å². The molecule has 0 atom stereocenters. The van der Waals surface area contributed by atoms with Gasteiger partial charge in [-0.1, -0.05) is 12.1 Å². The lowest BCUT2D eigenvalue weighted by Crippen LogP contribution is -1.87. The van der Waals surface area contributed by atoms with Crippen molar-refractivity contribution in [2.24, 2.45) is 0 Å². The summed E-state index contributed by atoms with van der Waals surface area (Å²) in [6, 6.07) is 4.50. The van der Waals surface area contributed by atoms with Crippen LogP contribution in [-0.2, 0) is 10.7 Å². The van der Waals surface area contributed by atoms with Crippen LogP contribution in [0.5, 0.6) is 5.75 Å². The fraction of sp³-hybridized carbons (Fsp3) is 0.250. The van der Waals surface area contributed by atoms with Gasteiger partial charge in [0.05, 0.1) is 6.16 Å². The van der Waals surface area contributed by atoms with E-state index in [1.54, 1.807) is 13.0 Å². The molecule has 0 aromatic heterocycles. The second-order valence-electron chi connectivity index (χ2n) is 2.94. The van der Waals surface area contributed by atoms with Crippen molar-refractivity contribution in [2.45, 2.75) is 13.1 Å². The minimum atomic E-state index is -4.00. The molecule has 72 valence electrons. The van der Waals surface area contributed by atoms with E-state index >= 15 is 0 Å². The summed E-state index contributed by atoms with van der Waals surface area (Å²) in [7, 11) is -4.00. The Balaban J connectivity index is 2.92. The predicted molar refractivity (Wildman–Crippen MR) is 48.6 cm³/mol. The summed E-state index contributed by atoms with van der Waals surface area (Å²) in [5, 5.41) is 9.15. The van der Waals surface area contributed by atoms with Crippen LogP contribution in [0.4, 0.5) is 0 Å². The van der Waals surface area contributed by atoms with Crippen molar-refractivity contribution in [1.29, 1.82) is 0 Å². The maximum atomic E-state index is 10.6. The van der Waals surface area contributed by atoms with Gasteiger partial charge in [0.25, 0.3) is 0 Å². The number of aromatic hydroxyl groups is 1. The van der Waals surface area contributed by atoms with Gasteiger partial charge in [0.1, 0.15) is 5.75 Å². The smallest absolute Gasteiger partial charge is 0.329 e. The van der Waals surface area contributed by atoms with Crippen LogP contribution in [0, 0.1) is 6.92 Å². The first-order valence-corrected chi connectivity index (χ1v) is 5.51. The van der Waals surface area contributed by atoms with Crippen LogP contribution in [0.15, 0.2) is 18.2 Å². The van der Waals surface area contributed by atoms with Crippen LogP contribution in [0.2, 0.25) is 0 Å². The zero-order valence-electron chi connectivity index (χ0n) is 7.14. The lowest BCUT2D eigenvalue weighted by atomic mass is 10.1. The van der Waals surface area contributed by atoms with Gasteiger partial charge >= 0.3 is 7.60 Å². The molecule has 13 heavy (non-hydrogen) atoms. The number of hydrogen-bond donors (Lipinski definition) is 3. The van der Waals surface area contributed by atoms with E-state index < -0.39 is 7.60 Å². The number of phenols is 1. The number of hydrogen-bond acceptors (Lipinski definition) is 2. The van der Waals surface area contributed by atoms with E-state index in [0.717, 1.165) is 0 Å². The standard InChI is InChI=1S/C8H11O4P/c1-6-4-7(2-3-8(6)9)5-13(10,11)12/h2-4,9H,5H2,1H3,(H2,10,11,12). The highest BCUT2D eigenvalue weighted by Crippen LogP contribution is 2.39. The van der Waals surface area contributed by atoms with Gasteiger partial charge in [-0.25, -0.2) is 0 Å². The lowest BCUT2D eigenvalue weighted by molar-refractivity contribution is 0.371. The zero-order valence-corrected chi connectivity index (χ0v) is 8.03. The molecule has 5 heteroatoms. The van der Waals surface area contributed by atoms with Gasteiger partial charge < -0.3 is 14.9 Å². The van der Waals surface area contributed by atoms with Crippen LogP contribution >= 0.6 is 7.60 Å². The molecule has 4 nitrogen and oxygen atoms in total. The molecule has 0 fully saturated rings. The van der Waals surface area contributed by atoms with Gasteiger partial charge in [-0.3, -0.25) is 4.57 Å². The Morgan fingerprint density at radius 1 is 1.38 bits per heavy atom. The minimum Gasteiger partial charge on any atom is -0.508 e. The Labute approximate surface area is 76.0 Å². The Morgan fingerprint density at radius 3 is 2.46 bits per heavy atom. The average molecular weight is 202 g/mol. The third-order valence-corrected chi connectivity index (χ3v) is 2.43. The summed E-state index contributed by atoms with van der Waals surface area (Å²) in [6.45, 7) is 1.68. The van der Waals surface area contributed by atoms with Crippen molar-refractivity contribution < 1.29 is 19.5 Å². The van der Waals surface area contributed by atoms with Crippen molar-refractivity contribution in [2.75, 3.05) is 0 Å². The Bertz CT molecular complexity index is 355. The molecule has 1 rings (SSSR count). The monoisotopic (exact) mass is 202 g/mol. The van der Waals surface area contributed by atoms with Gasteiger partial charge in [0.2, 0.25) is 0 Å². The minimum absolute atomic E-state index is 0.134.